The second-order valence-corrected chi connectivity index (χ2v) is 5.64. The number of fused-ring (bicyclic) bond motifs is 1. The van der Waals surface area contributed by atoms with Gasteiger partial charge in [0.1, 0.15) is 0 Å². The van der Waals surface area contributed by atoms with Gasteiger partial charge in [-0.2, -0.15) is 0 Å². The maximum absolute atomic E-state index is 2.38. The van der Waals surface area contributed by atoms with Gasteiger partial charge in [-0.15, -0.1) is 0 Å². The van der Waals surface area contributed by atoms with Crippen molar-refractivity contribution in [3.05, 3.63) is 64.8 Å². The molecule has 1 aromatic rings. The molecule has 3 rings (SSSR count). The van der Waals surface area contributed by atoms with E-state index in [0.717, 1.165) is 0 Å². The third kappa shape index (κ3) is 2.58. The van der Waals surface area contributed by atoms with Crippen molar-refractivity contribution in [2.45, 2.75) is 44.9 Å². The van der Waals surface area contributed by atoms with E-state index in [0.29, 0.717) is 5.92 Å². The Bertz CT molecular complexity index is 543. The van der Waals surface area contributed by atoms with Crippen LogP contribution in [-0.2, 0) is 0 Å². The zero-order chi connectivity index (χ0) is 13.1. The second-order valence-electron chi connectivity index (χ2n) is 5.64. The molecule has 1 aromatic carbocycles. The van der Waals surface area contributed by atoms with E-state index in [1.807, 2.05) is 0 Å². The standard InChI is InChI=1S/C19H22/c1-2-3-7-15-9-6-10-17(15)14-18-13-12-16-8-4-5-11-19(16)18/h4-6,8-9,11-13,18H,2-3,7,10,14H2,1H3. The highest BCUT2D eigenvalue weighted by molar-refractivity contribution is 5.62. The van der Waals surface area contributed by atoms with E-state index in [-0.39, 0.29) is 0 Å². The van der Waals surface area contributed by atoms with Crippen LogP contribution in [0.1, 0.15) is 56.1 Å². The van der Waals surface area contributed by atoms with E-state index >= 15 is 0 Å². The third-order valence-corrected chi connectivity index (χ3v) is 4.31. The van der Waals surface area contributed by atoms with Crippen molar-refractivity contribution >= 4 is 6.08 Å². The first-order chi connectivity index (χ1) is 9.38. The lowest BCUT2D eigenvalue weighted by Crippen LogP contribution is -1.96. The highest BCUT2D eigenvalue weighted by atomic mass is 14.2. The third-order valence-electron chi connectivity index (χ3n) is 4.31. The average molecular weight is 250 g/mol. The van der Waals surface area contributed by atoms with Crippen LogP contribution in [0, 0.1) is 0 Å². The van der Waals surface area contributed by atoms with Gasteiger partial charge in [0, 0.05) is 5.92 Å². The first kappa shape index (κ1) is 12.5. The summed E-state index contributed by atoms with van der Waals surface area (Å²) in [6.45, 7) is 2.27. The van der Waals surface area contributed by atoms with E-state index in [1.165, 1.54) is 43.2 Å². The van der Waals surface area contributed by atoms with Gasteiger partial charge in [-0.3, -0.25) is 0 Å². The zero-order valence-corrected chi connectivity index (χ0v) is 11.7. The van der Waals surface area contributed by atoms with E-state index in [4.69, 9.17) is 0 Å². The molecule has 0 N–H and O–H groups in total. The minimum absolute atomic E-state index is 0.600. The Kier molecular flexibility index (Phi) is 3.68. The van der Waals surface area contributed by atoms with Crippen LogP contribution in [0.5, 0.6) is 0 Å². The fraction of sp³-hybridized carbons (Fsp3) is 0.368. The molecule has 0 amide bonds. The van der Waals surface area contributed by atoms with Crippen LogP contribution in [0.3, 0.4) is 0 Å². The first-order valence-electron chi connectivity index (χ1n) is 7.53. The highest BCUT2D eigenvalue weighted by Gasteiger charge is 2.20. The maximum atomic E-state index is 2.38. The van der Waals surface area contributed by atoms with Crippen molar-refractivity contribution in [3.8, 4) is 0 Å². The molecule has 1 unspecified atom stereocenters. The second kappa shape index (κ2) is 5.61. The lowest BCUT2D eigenvalue weighted by molar-refractivity contribution is 0.769. The number of benzene rings is 1. The molecule has 0 saturated carbocycles. The van der Waals surface area contributed by atoms with Crippen molar-refractivity contribution in [2.75, 3.05) is 0 Å². The van der Waals surface area contributed by atoms with Gasteiger partial charge in [-0.05, 0) is 42.4 Å². The summed E-state index contributed by atoms with van der Waals surface area (Å²) in [5, 5.41) is 0. The molecule has 0 aromatic heterocycles. The van der Waals surface area contributed by atoms with Gasteiger partial charge < -0.3 is 0 Å². The summed E-state index contributed by atoms with van der Waals surface area (Å²) < 4.78 is 0. The van der Waals surface area contributed by atoms with Gasteiger partial charge in [0.25, 0.3) is 0 Å². The Morgan fingerprint density at radius 3 is 2.95 bits per heavy atom. The maximum Gasteiger partial charge on any atom is 0.00647 e. The quantitative estimate of drug-likeness (QED) is 0.635. The lowest BCUT2D eigenvalue weighted by atomic mass is 9.91. The van der Waals surface area contributed by atoms with Crippen molar-refractivity contribution in [1.29, 1.82) is 0 Å². The molecular formula is C19H22. The Morgan fingerprint density at radius 2 is 2.05 bits per heavy atom. The molecular weight excluding hydrogens is 228 g/mol. The Labute approximate surface area is 116 Å². The van der Waals surface area contributed by atoms with Gasteiger partial charge in [0.2, 0.25) is 0 Å². The Morgan fingerprint density at radius 1 is 1.16 bits per heavy atom. The van der Waals surface area contributed by atoms with Crippen LogP contribution in [-0.4, -0.2) is 0 Å². The molecule has 0 spiro atoms. The molecule has 0 bridgehead atoms. The summed E-state index contributed by atoms with van der Waals surface area (Å²) >= 11 is 0. The Balaban J connectivity index is 1.74. The average Bonchev–Trinajstić information content (AvgIpc) is 3.05. The molecule has 19 heavy (non-hydrogen) atoms. The molecule has 2 aliphatic rings. The molecule has 0 fully saturated rings. The molecule has 2 aliphatic carbocycles. The van der Waals surface area contributed by atoms with Crippen LogP contribution in [0.4, 0.5) is 0 Å². The van der Waals surface area contributed by atoms with E-state index in [2.05, 4.69) is 55.5 Å². The molecule has 98 valence electrons. The minimum Gasteiger partial charge on any atom is -0.0802 e. The highest BCUT2D eigenvalue weighted by Crippen LogP contribution is 2.38. The van der Waals surface area contributed by atoms with Gasteiger partial charge in [-0.25, -0.2) is 0 Å². The SMILES string of the molecule is CCCCC1=C(CC2C=Cc3ccccc32)CC=C1. The summed E-state index contributed by atoms with van der Waals surface area (Å²) in [4.78, 5) is 0. The molecule has 0 saturated heterocycles. The summed E-state index contributed by atoms with van der Waals surface area (Å²) in [6.07, 6.45) is 15.6. The van der Waals surface area contributed by atoms with Gasteiger partial charge in [0.15, 0.2) is 0 Å². The van der Waals surface area contributed by atoms with Crippen LogP contribution >= 0.6 is 0 Å². The zero-order valence-electron chi connectivity index (χ0n) is 11.7. The van der Waals surface area contributed by atoms with E-state index < -0.39 is 0 Å². The predicted octanol–water partition coefficient (Wildman–Crippen LogP) is 5.63. The summed E-state index contributed by atoms with van der Waals surface area (Å²) in [7, 11) is 0. The molecule has 0 radical (unpaired) electrons. The Hall–Kier alpha value is -1.56. The smallest absolute Gasteiger partial charge is 0.00647 e. The number of allylic oxidation sites excluding steroid dienone is 5. The van der Waals surface area contributed by atoms with Crippen LogP contribution in [0.25, 0.3) is 6.08 Å². The summed E-state index contributed by atoms with van der Waals surface area (Å²) in [5.41, 5.74) is 6.20. The fourth-order valence-corrected chi connectivity index (χ4v) is 3.20. The van der Waals surface area contributed by atoms with Gasteiger partial charge in [-0.1, -0.05) is 67.5 Å². The predicted molar refractivity (Wildman–Crippen MR) is 83.1 cm³/mol. The fourth-order valence-electron chi connectivity index (χ4n) is 3.20. The molecule has 1 atom stereocenters. The normalized spacial score (nSPS) is 20.4. The minimum atomic E-state index is 0.600. The summed E-state index contributed by atoms with van der Waals surface area (Å²) in [6, 6.07) is 8.81. The van der Waals surface area contributed by atoms with E-state index in [1.54, 1.807) is 11.1 Å². The molecule has 0 heteroatoms. The van der Waals surface area contributed by atoms with Gasteiger partial charge >= 0.3 is 0 Å². The van der Waals surface area contributed by atoms with Crippen molar-refractivity contribution in [3.63, 3.8) is 0 Å². The van der Waals surface area contributed by atoms with Crippen LogP contribution in [0.2, 0.25) is 0 Å². The number of unbranched alkanes of at least 4 members (excludes halogenated alkanes) is 1. The lowest BCUT2D eigenvalue weighted by Gasteiger charge is -2.14. The number of hydrogen-bond acceptors (Lipinski definition) is 0. The monoisotopic (exact) mass is 250 g/mol. The van der Waals surface area contributed by atoms with Crippen molar-refractivity contribution in [1.82, 2.24) is 0 Å². The van der Waals surface area contributed by atoms with Crippen molar-refractivity contribution < 1.29 is 0 Å². The molecule has 0 aliphatic heterocycles. The largest absolute Gasteiger partial charge is 0.0802 e. The van der Waals surface area contributed by atoms with Crippen LogP contribution < -0.4 is 0 Å². The van der Waals surface area contributed by atoms with E-state index in [9.17, 15) is 0 Å². The first-order valence-corrected chi connectivity index (χ1v) is 7.53. The van der Waals surface area contributed by atoms with Gasteiger partial charge in [0.05, 0.1) is 0 Å². The topological polar surface area (TPSA) is 0 Å². The van der Waals surface area contributed by atoms with Crippen molar-refractivity contribution in [2.24, 2.45) is 0 Å². The van der Waals surface area contributed by atoms with Crippen LogP contribution in [0.15, 0.2) is 53.6 Å². The number of hydrogen-bond donors (Lipinski definition) is 0. The number of rotatable bonds is 5. The summed E-state index contributed by atoms with van der Waals surface area (Å²) in [5.74, 6) is 0.600. The molecule has 0 heterocycles. The molecule has 0 nitrogen and oxygen atoms in total.